The van der Waals surface area contributed by atoms with E-state index < -0.39 is 4.92 Å². The van der Waals surface area contributed by atoms with Gasteiger partial charge < -0.3 is 15.1 Å². The van der Waals surface area contributed by atoms with E-state index in [1.54, 1.807) is 30.5 Å². The second-order valence-electron chi connectivity index (χ2n) is 8.85. The summed E-state index contributed by atoms with van der Waals surface area (Å²) in [5, 5.41) is 17.8. The number of hydrogen-bond acceptors (Lipinski definition) is 5. The second kappa shape index (κ2) is 7.21. The summed E-state index contributed by atoms with van der Waals surface area (Å²) in [6.07, 6.45) is 7.79. The molecule has 6 rings (SSSR count). The summed E-state index contributed by atoms with van der Waals surface area (Å²) in [6, 6.07) is 8.41. The molecule has 4 fully saturated rings. The Bertz CT molecular complexity index is 896. The van der Waals surface area contributed by atoms with Gasteiger partial charge in [-0.2, -0.15) is 0 Å². The lowest BCUT2D eigenvalue weighted by Gasteiger charge is -2.54. The Kier molecular flexibility index (Phi) is 4.53. The van der Waals surface area contributed by atoms with Crippen LogP contribution >= 0.6 is 0 Å². The zero-order chi connectivity index (χ0) is 20.0. The average molecular weight is 395 g/mol. The van der Waals surface area contributed by atoms with Gasteiger partial charge in [-0.25, -0.2) is 0 Å². The predicted octanol–water partition coefficient (Wildman–Crippen LogP) is 4.35. The van der Waals surface area contributed by atoms with Crippen LogP contribution in [0.15, 0.2) is 41.0 Å². The molecule has 0 saturated heterocycles. The van der Waals surface area contributed by atoms with E-state index >= 15 is 0 Å². The van der Waals surface area contributed by atoms with E-state index in [2.05, 4.69) is 10.6 Å². The molecule has 2 aromatic rings. The number of rotatable bonds is 6. The van der Waals surface area contributed by atoms with Crippen LogP contribution in [-0.4, -0.2) is 16.9 Å². The highest BCUT2D eigenvalue weighted by molar-refractivity contribution is 5.96. The number of anilines is 1. The molecule has 0 atom stereocenters. The maximum absolute atomic E-state index is 12.9. The Hall–Kier alpha value is -2.83. The fourth-order valence-electron chi connectivity index (χ4n) is 5.96. The van der Waals surface area contributed by atoms with Crippen LogP contribution in [0.2, 0.25) is 0 Å². The van der Waals surface area contributed by atoms with E-state index in [0.717, 1.165) is 11.8 Å². The Labute approximate surface area is 169 Å². The van der Waals surface area contributed by atoms with Crippen LogP contribution in [-0.2, 0) is 6.54 Å². The maximum Gasteiger partial charge on any atom is 0.293 e. The van der Waals surface area contributed by atoms with Gasteiger partial charge in [0, 0.05) is 17.7 Å². The first-order chi connectivity index (χ1) is 14.1. The molecule has 4 saturated carbocycles. The highest BCUT2D eigenvalue weighted by atomic mass is 16.6. The number of nitrogens with one attached hydrogen (secondary N) is 2. The number of nitrogens with zero attached hydrogens (tertiary/aromatic N) is 1. The van der Waals surface area contributed by atoms with Crippen LogP contribution in [0.5, 0.6) is 0 Å². The number of carbonyl (C=O) groups excluding carboxylic acids is 1. The lowest BCUT2D eigenvalue weighted by molar-refractivity contribution is -0.384. The fraction of sp³-hybridized carbons (Fsp3) is 0.500. The normalized spacial score (nSPS) is 29.6. The lowest BCUT2D eigenvalue weighted by Crippen LogP contribution is -2.55. The summed E-state index contributed by atoms with van der Waals surface area (Å²) >= 11 is 0. The molecule has 1 aromatic carbocycles. The molecule has 0 aliphatic heterocycles. The van der Waals surface area contributed by atoms with Crippen molar-refractivity contribution in [1.82, 2.24) is 5.32 Å². The van der Waals surface area contributed by atoms with E-state index in [9.17, 15) is 14.9 Å². The number of benzene rings is 1. The molecular formula is C22H25N3O4. The maximum atomic E-state index is 12.9. The van der Waals surface area contributed by atoms with E-state index in [-0.39, 0.29) is 17.6 Å². The predicted molar refractivity (Wildman–Crippen MR) is 107 cm³/mol. The topological polar surface area (TPSA) is 97.4 Å². The molecule has 7 heteroatoms. The van der Waals surface area contributed by atoms with E-state index in [0.29, 0.717) is 35.4 Å². The standard InChI is InChI=1S/C22H25N3O4/c26-22(24-21-16-7-13-6-14(9-16)10-17(21)8-13)15-3-4-19(20(11-15)25(27)28)23-12-18-2-1-5-29-18/h1-5,11,13-14,16-17,21,23H,6-10,12H2,(H,24,26). The van der Waals surface area contributed by atoms with Crippen molar-refractivity contribution >= 4 is 17.3 Å². The van der Waals surface area contributed by atoms with Gasteiger partial charge >= 0.3 is 0 Å². The molecule has 0 radical (unpaired) electrons. The molecular weight excluding hydrogens is 370 g/mol. The molecule has 29 heavy (non-hydrogen) atoms. The summed E-state index contributed by atoms with van der Waals surface area (Å²) < 4.78 is 5.25. The van der Waals surface area contributed by atoms with Crippen LogP contribution in [0, 0.1) is 33.8 Å². The second-order valence-corrected chi connectivity index (χ2v) is 8.85. The molecule has 0 unspecified atom stereocenters. The van der Waals surface area contributed by atoms with Gasteiger partial charge in [0.05, 0.1) is 17.7 Å². The Balaban J connectivity index is 1.30. The number of hydrogen-bond donors (Lipinski definition) is 2. The van der Waals surface area contributed by atoms with E-state index in [1.807, 2.05) is 0 Å². The van der Waals surface area contributed by atoms with Crippen molar-refractivity contribution in [3.63, 3.8) is 0 Å². The third kappa shape index (κ3) is 3.50. The Morgan fingerprint density at radius 2 is 1.83 bits per heavy atom. The minimum absolute atomic E-state index is 0.103. The van der Waals surface area contributed by atoms with Crippen LogP contribution in [0.4, 0.5) is 11.4 Å². The first kappa shape index (κ1) is 18.2. The van der Waals surface area contributed by atoms with Gasteiger partial charge in [0.25, 0.3) is 11.6 Å². The molecule has 4 aliphatic carbocycles. The van der Waals surface area contributed by atoms with Crippen molar-refractivity contribution in [2.24, 2.45) is 23.7 Å². The minimum atomic E-state index is -0.454. The molecule has 0 spiro atoms. The summed E-state index contributed by atoms with van der Waals surface area (Å²) in [5.74, 6) is 3.29. The van der Waals surface area contributed by atoms with Crippen molar-refractivity contribution < 1.29 is 14.1 Å². The molecule has 152 valence electrons. The smallest absolute Gasteiger partial charge is 0.293 e. The Morgan fingerprint density at radius 3 is 2.45 bits per heavy atom. The zero-order valence-electron chi connectivity index (χ0n) is 16.2. The van der Waals surface area contributed by atoms with Crippen molar-refractivity contribution in [3.05, 3.63) is 58.0 Å². The molecule has 1 heterocycles. The summed E-state index contributed by atoms with van der Waals surface area (Å²) in [4.78, 5) is 24.0. The van der Waals surface area contributed by atoms with E-state index in [1.165, 1.54) is 38.2 Å². The Morgan fingerprint density at radius 1 is 1.10 bits per heavy atom. The van der Waals surface area contributed by atoms with Crippen molar-refractivity contribution in [1.29, 1.82) is 0 Å². The lowest BCUT2D eigenvalue weighted by atomic mass is 9.54. The molecule has 2 N–H and O–H groups in total. The SMILES string of the molecule is O=C(NC1C2CC3CC(C2)CC1C3)c1ccc(NCc2ccco2)c([N+](=O)[O-])c1. The number of amides is 1. The monoisotopic (exact) mass is 395 g/mol. The largest absolute Gasteiger partial charge is 0.467 e. The molecule has 1 amide bonds. The van der Waals surface area contributed by atoms with Crippen molar-refractivity contribution in [2.75, 3.05) is 5.32 Å². The molecule has 1 aromatic heterocycles. The van der Waals surface area contributed by atoms with Gasteiger partial charge in [0.15, 0.2) is 0 Å². The number of carbonyl (C=O) groups is 1. The zero-order valence-corrected chi connectivity index (χ0v) is 16.2. The first-order valence-electron chi connectivity index (χ1n) is 10.4. The van der Waals surface area contributed by atoms with Crippen LogP contribution in [0.25, 0.3) is 0 Å². The fourth-order valence-corrected chi connectivity index (χ4v) is 5.96. The summed E-state index contributed by atoms with van der Waals surface area (Å²) in [7, 11) is 0. The van der Waals surface area contributed by atoms with Gasteiger partial charge in [-0.3, -0.25) is 14.9 Å². The average Bonchev–Trinajstić information content (AvgIpc) is 3.22. The van der Waals surface area contributed by atoms with Crippen LogP contribution < -0.4 is 10.6 Å². The van der Waals surface area contributed by atoms with Crippen LogP contribution in [0.3, 0.4) is 0 Å². The van der Waals surface area contributed by atoms with Crippen molar-refractivity contribution in [2.45, 2.75) is 44.7 Å². The summed E-state index contributed by atoms with van der Waals surface area (Å²) in [5.41, 5.74) is 0.612. The van der Waals surface area contributed by atoms with E-state index in [4.69, 9.17) is 4.42 Å². The van der Waals surface area contributed by atoms with Gasteiger partial charge in [0.2, 0.25) is 0 Å². The quantitative estimate of drug-likeness (QED) is 0.560. The van der Waals surface area contributed by atoms with Crippen molar-refractivity contribution in [3.8, 4) is 0 Å². The number of nitro groups is 1. The van der Waals surface area contributed by atoms with Gasteiger partial charge in [-0.05, 0) is 80.0 Å². The van der Waals surface area contributed by atoms with Gasteiger partial charge in [0.1, 0.15) is 11.4 Å². The molecule has 7 nitrogen and oxygen atoms in total. The third-order valence-corrected chi connectivity index (χ3v) is 7.01. The summed E-state index contributed by atoms with van der Waals surface area (Å²) in [6.45, 7) is 0.340. The van der Waals surface area contributed by atoms with Gasteiger partial charge in [-0.15, -0.1) is 0 Å². The number of nitro benzene ring substituents is 1. The first-order valence-corrected chi connectivity index (χ1v) is 10.4. The molecule has 4 bridgehead atoms. The van der Waals surface area contributed by atoms with Gasteiger partial charge in [-0.1, -0.05) is 0 Å². The number of furan rings is 1. The third-order valence-electron chi connectivity index (χ3n) is 7.01. The highest BCUT2D eigenvalue weighted by Gasteiger charge is 2.48. The molecule has 4 aliphatic rings. The highest BCUT2D eigenvalue weighted by Crippen LogP contribution is 2.53. The minimum Gasteiger partial charge on any atom is -0.467 e. The van der Waals surface area contributed by atoms with Crippen LogP contribution in [0.1, 0.15) is 48.2 Å².